The fraction of sp³-hybridized carbons (Fsp3) is 0.633. The van der Waals surface area contributed by atoms with Gasteiger partial charge in [-0.15, -0.1) is 0 Å². The van der Waals surface area contributed by atoms with E-state index >= 15 is 0 Å². The van der Waals surface area contributed by atoms with Crippen molar-refractivity contribution >= 4 is 23.6 Å². The van der Waals surface area contributed by atoms with Gasteiger partial charge in [0, 0.05) is 0 Å². The lowest BCUT2D eigenvalue weighted by Crippen LogP contribution is -2.69. The Balaban J connectivity index is 2.10. The topological polar surface area (TPSA) is 0 Å². The maximum atomic E-state index is 2.78. The predicted molar refractivity (Wildman–Crippen MR) is 278 cm³/mol. The first kappa shape index (κ1) is 51.0. The molecule has 0 aliphatic heterocycles. The van der Waals surface area contributed by atoms with Crippen molar-refractivity contribution in [2.75, 3.05) is 0 Å². The summed E-state index contributed by atoms with van der Waals surface area (Å²) in [6.45, 7) is 16.6. The van der Waals surface area contributed by atoms with Gasteiger partial charge in [-0.2, -0.15) is 0 Å². The van der Waals surface area contributed by atoms with Crippen molar-refractivity contribution in [3.63, 3.8) is 0 Å². The predicted octanol–water partition coefficient (Wildman–Crippen LogP) is 16.7. The highest BCUT2D eigenvalue weighted by molar-refractivity contribution is 7.16. The Kier molecular flexibility index (Phi) is 24.8. The van der Waals surface area contributed by atoms with Gasteiger partial charge in [0.1, 0.15) is 0 Å². The Morgan fingerprint density at radius 1 is 0.311 bits per heavy atom. The van der Waals surface area contributed by atoms with E-state index < -0.39 is 8.07 Å². The van der Waals surface area contributed by atoms with Crippen LogP contribution < -0.4 is 15.6 Å². The molecule has 0 saturated carbocycles. The van der Waals surface area contributed by atoms with Crippen LogP contribution in [-0.4, -0.2) is 8.07 Å². The Morgan fingerprint density at radius 2 is 0.557 bits per heavy atom. The molecule has 1 aliphatic rings. The lowest BCUT2D eigenvalue weighted by atomic mass is 10.00. The smallest absolute Gasteiger partial charge is 0.0801 e. The Labute approximate surface area is 380 Å². The average Bonchev–Trinajstić information content (AvgIpc) is 3.70. The third kappa shape index (κ3) is 16.5. The van der Waals surface area contributed by atoms with Crippen molar-refractivity contribution in [2.24, 2.45) is 0 Å². The molecule has 3 aromatic rings. The molecule has 3 aromatic carbocycles. The van der Waals surface area contributed by atoms with Gasteiger partial charge >= 0.3 is 0 Å². The second kappa shape index (κ2) is 29.7. The van der Waals surface area contributed by atoms with E-state index in [-0.39, 0.29) is 0 Å². The van der Waals surface area contributed by atoms with Gasteiger partial charge in [-0.05, 0) is 145 Å². The summed E-state index contributed by atoms with van der Waals surface area (Å²) in [6.07, 6.45) is 45.2. The molecule has 1 aliphatic carbocycles. The molecule has 0 saturated heterocycles. The molecule has 0 bridgehead atoms. The van der Waals surface area contributed by atoms with Gasteiger partial charge in [0.25, 0.3) is 0 Å². The molecule has 4 rings (SSSR count). The van der Waals surface area contributed by atoms with Crippen LogP contribution in [0.4, 0.5) is 0 Å². The minimum Gasteiger partial charge on any atom is -0.0801 e. The van der Waals surface area contributed by atoms with E-state index in [0.717, 1.165) is 6.42 Å². The van der Waals surface area contributed by atoms with Crippen molar-refractivity contribution in [3.05, 3.63) is 111 Å². The minimum atomic E-state index is -2.78. The van der Waals surface area contributed by atoms with Crippen molar-refractivity contribution < 1.29 is 0 Å². The first-order chi connectivity index (χ1) is 29.9. The Hall–Kier alpha value is -2.64. The van der Waals surface area contributed by atoms with E-state index in [1.807, 2.05) is 0 Å². The number of aryl methyl sites for hydroxylation is 6. The largest absolute Gasteiger partial charge is 0.179 e. The van der Waals surface area contributed by atoms with Gasteiger partial charge in [0.15, 0.2) is 8.07 Å². The number of hydrogen-bond donors (Lipinski definition) is 0. The van der Waals surface area contributed by atoms with E-state index in [2.05, 4.69) is 115 Å². The molecular weight excluding hydrogens is 749 g/mol. The molecule has 1 heteroatoms. The Morgan fingerprint density at radius 3 is 0.754 bits per heavy atom. The van der Waals surface area contributed by atoms with Crippen LogP contribution in [0.25, 0.3) is 0 Å². The molecule has 0 unspecified atom stereocenters. The minimum absolute atomic E-state index is 1.07. The zero-order valence-electron chi connectivity index (χ0n) is 41.3. The van der Waals surface area contributed by atoms with Gasteiger partial charge < -0.3 is 0 Å². The monoisotopic (exact) mass is 843 g/mol. The van der Waals surface area contributed by atoms with Gasteiger partial charge in [0.2, 0.25) is 0 Å². The highest BCUT2D eigenvalue weighted by Crippen LogP contribution is 2.32. The maximum Gasteiger partial charge on any atom is 0.179 e. The third-order valence-corrected chi connectivity index (χ3v) is 18.8. The van der Waals surface area contributed by atoms with Crippen LogP contribution in [0.2, 0.25) is 0 Å². The summed E-state index contributed by atoms with van der Waals surface area (Å²) >= 11 is 0. The van der Waals surface area contributed by atoms with Crippen LogP contribution in [0.15, 0.2) is 77.5 Å². The molecular formula is C60H94Si. The summed E-state index contributed by atoms with van der Waals surface area (Å²) in [6, 6.07) is 24.6. The number of hydrogen-bond acceptors (Lipinski definition) is 0. The number of benzene rings is 3. The fourth-order valence-corrected chi connectivity index (χ4v) is 15.8. The number of allylic oxidation sites excluding steroid dienone is 4. The standard InChI is InChI=1S/C60H94Si/c1-8-14-20-26-34-51-41-52(35-27-21-15-9-2)45-57(44-51)61(60-40-32-33-50(60)7,58-46-53(36-28-22-16-10-3)42-54(47-58)37-29-23-17-11-4)59-48-55(38-30-24-18-12-5)43-56(49-59)39-31-25-19-13-6/h33,40-49H,8-32,34-39H2,1-7H3. The van der Waals surface area contributed by atoms with Crippen molar-refractivity contribution in [3.8, 4) is 0 Å². The second-order valence-electron chi connectivity index (χ2n) is 19.5. The van der Waals surface area contributed by atoms with E-state index in [0.29, 0.717) is 0 Å². The average molecular weight is 843 g/mol. The quantitative estimate of drug-likeness (QED) is 0.0319. The van der Waals surface area contributed by atoms with E-state index in [9.17, 15) is 0 Å². The molecule has 0 fully saturated rings. The number of unbranched alkanes of at least 4 members (excludes halogenated alkanes) is 18. The zero-order valence-corrected chi connectivity index (χ0v) is 42.3. The molecule has 0 aromatic heterocycles. The summed E-state index contributed by atoms with van der Waals surface area (Å²) in [5.41, 5.74) is 11.1. The van der Waals surface area contributed by atoms with Gasteiger partial charge in [0.05, 0.1) is 0 Å². The molecule has 0 heterocycles. The van der Waals surface area contributed by atoms with Crippen LogP contribution in [-0.2, 0) is 38.5 Å². The summed E-state index contributed by atoms with van der Waals surface area (Å²) in [5, 5.41) is 6.71. The zero-order chi connectivity index (χ0) is 43.5. The van der Waals surface area contributed by atoms with Crippen LogP contribution in [0.1, 0.15) is 242 Å². The summed E-state index contributed by atoms with van der Waals surface area (Å²) in [4.78, 5) is 0. The van der Waals surface area contributed by atoms with E-state index in [4.69, 9.17) is 0 Å². The van der Waals surface area contributed by atoms with E-state index in [1.165, 1.54) is 193 Å². The molecule has 0 spiro atoms. The maximum absolute atomic E-state index is 2.78. The summed E-state index contributed by atoms with van der Waals surface area (Å²) < 4.78 is 0. The first-order valence-corrected chi connectivity index (χ1v) is 28.7. The lowest BCUT2D eigenvalue weighted by molar-refractivity contribution is 0.661. The van der Waals surface area contributed by atoms with Crippen molar-refractivity contribution in [1.82, 2.24) is 0 Å². The highest BCUT2D eigenvalue weighted by atomic mass is 28.3. The molecule has 0 nitrogen and oxygen atoms in total. The normalized spacial score (nSPS) is 13.0. The molecule has 61 heavy (non-hydrogen) atoms. The Bertz CT molecular complexity index is 1460. The van der Waals surface area contributed by atoms with Crippen molar-refractivity contribution in [2.45, 2.75) is 248 Å². The van der Waals surface area contributed by atoms with Crippen molar-refractivity contribution in [1.29, 1.82) is 0 Å². The van der Waals surface area contributed by atoms with E-state index in [1.54, 1.807) is 59.7 Å². The lowest BCUT2D eigenvalue weighted by Gasteiger charge is -2.38. The molecule has 0 N–H and O–H groups in total. The van der Waals surface area contributed by atoms with Crippen LogP contribution in [0.3, 0.4) is 0 Å². The number of rotatable bonds is 34. The molecule has 338 valence electrons. The van der Waals surface area contributed by atoms with Gasteiger partial charge in [-0.3, -0.25) is 0 Å². The molecule has 0 radical (unpaired) electrons. The highest BCUT2D eigenvalue weighted by Gasteiger charge is 2.45. The third-order valence-electron chi connectivity index (χ3n) is 13.9. The summed E-state index contributed by atoms with van der Waals surface area (Å²) in [5.74, 6) is 0. The molecule has 0 amide bonds. The van der Waals surface area contributed by atoms with Crippen LogP contribution in [0, 0.1) is 0 Å². The van der Waals surface area contributed by atoms with Gasteiger partial charge in [-0.25, -0.2) is 0 Å². The summed E-state index contributed by atoms with van der Waals surface area (Å²) in [7, 11) is -2.78. The SMILES string of the molecule is CCCCCCc1cc(CCCCCC)cc([Si](C2=CCC=C2C)(c2cc(CCCCCC)cc(CCCCCC)c2)c2cc(CCCCCC)cc(CCCCCC)c2)c1. The first-order valence-electron chi connectivity index (χ1n) is 26.7. The molecule has 0 atom stereocenters. The second-order valence-corrected chi connectivity index (χ2v) is 23.2. The van der Waals surface area contributed by atoms with Crippen LogP contribution in [0.5, 0.6) is 0 Å². The van der Waals surface area contributed by atoms with Gasteiger partial charge in [-0.1, -0.05) is 229 Å². The fourth-order valence-electron chi connectivity index (χ4n) is 10.4. The van der Waals surface area contributed by atoms with Crippen LogP contribution >= 0.6 is 0 Å².